The summed E-state index contributed by atoms with van der Waals surface area (Å²) in [6.45, 7) is 2.51. The first-order valence-corrected chi connectivity index (χ1v) is 4.53. The van der Waals surface area contributed by atoms with Crippen LogP contribution in [0, 0.1) is 0 Å². The third-order valence-electron chi connectivity index (χ3n) is 2.09. The molecule has 1 aliphatic carbocycles. The predicted molar refractivity (Wildman–Crippen MR) is 46.8 cm³/mol. The van der Waals surface area contributed by atoms with Crippen molar-refractivity contribution in [1.29, 1.82) is 0 Å². The van der Waals surface area contributed by atoms with Crippen LogP contribution in [0.5, 0.6) is 6.01 Å². The average molecular weight is 183 g/mol. The fraction of sp³-hybridized carbons (Fsp3) is 0.750. The Labute approximate surface area is 75.9 Å². The van der Waals surface area contributed by atoms with E-state index in [2.05, 4.69) is 5.10 Å². The fourth-order valence-electron chi connectivity index (χ4n) is 1.17. The van der Waals surface area contributed by atoms with Gasteiger partial charge in [-0.25, -0.2) is 14.0 Å². The van der Waals surface area contributed by atoms with Crippen molar-refractivity contribution in [2.45, 2.75) is 32.4 Å². The molecule has 1 aromatic rings. The maximum absolute atomic E-state index is 11.4. The van der Waals surface area contributed by atoms with E-state index in [4.69, 9.17) is 4.74 Å². The van der Waals surface area contributed by atoms with Crippen LogP contribution in [0.25, 0.3) is 0 Å². The highest BCUT2D eigenvalue weighted by Gasteiger charge is 2.26. The van der Waals surface area contributed by atoms with E-state index in [0.29, 0.717) is 12.6 Å². The smallest absolute Gasteiger partial charge is 0.348 e. The van der Waals surface area contributed by atoms with E-state index in [9.17, 15) is 4.79 Å². The molecule has 1 aromatic heterocycles. The highest BCUT2D eigenvalue weighted by molar-refractivity contribution is 4.96. The van der Waals surface area contributed by atoms with Gasteiger partial charge in [0, 0.05) is 13.6 Å². The first-order chi connectivity index (χ1) is 6.22. The number of aromatic nitrogens is 3. The second-order valence-corrected chi connectivity index (χ2v) is 3.25. The van der Waals surface area contributed by atoms with Gasteiger partial charge < -0.3 is 4.74 Å². The molecule has 0 aromatic carbocycles. The quantitative estimate of drug-likeness (QED) is 0.670. The summed E-state index contributed by atoms with van der Waals surface area (Å²) in [5.41, 5.74) is -0.113. The molecule has 2 rings (SSSR count). The zero-order chi connectivity index (χ0) is 9.42. The van der Waals surface area contributed by atoms with Crippen LogP contribution < -0.4 is 10.4 Å². The molecule has 1 heterocycles. The second kappa shape index (κ2) is 2.90. The van der Waals surface area contributed by atoms with Crippen molar-refractivity contribution in [2.24, 2.45) is 7.05 Å². The zero-order valence-electron chi connectivity index (χ0n) is 7.86. The molecule has 1 aliphatic rings. The highest BCUT2D eigenvalue weighted by atomic mass is 16.5. The Kier molecular flexibility index (Phi) is 1.86. The van der Waals surface area contributed by atoms with Gasteiger partial charge in [-0.3, -0.25) is 0 Å². The average Bonchev–Trinajstić information content (AvgIpc) is 2.84. The maximum atomic E-state index is 11.4. The molecule has 72 valence electrons. The zero-order valence-corrected chi connectivity index (χ0v) is 7.86. The third-order valence-corrected chi connectivity index (χ3v) is 2.09. The van der Waals surface area contributed by atoms with E-state index in [0.717, 1.165) is 12.8 Å². The molecule has 0 atom stereocenters. The van der Waals surface area contributed by atoms with E-state index in [-0.39, 0.29) is 11.8 Å². The summed E-state index contributed by atoms with van der Waals surface area (Å²) in [5.74, 6) is 0. The van der Waals surface area contributed by atoms with Crippen LogP contribution >= 0.6 is 0 Å². The Bertz CT molecular complexity index is 362. The van der Waals surface area contributed by atoms with E-state index in [1.165, 1.54) is 4.68 Å². The molecule has 0 spiro atoms. The van der Waals surface area contributed by atoms with Crippen molar-refractivity contribution in [1.82, 2.24) is 14.3 Å². The van der Waals surface area contributed by atoms with Gasteiger partial charge in [-0.2, -0.15) is 0 Å². The van der Waals surface area contributed by atoms with Crippen molar-refractivity contribution in [3.8, 4) is 6.01 Å². The van der Waals surface area contributed by atoms with Crippen LogP contribution in [0.15, 0.2) is 4.79 Å². The number of ether oxygens (including phenoxy) is 1. The van der Waals surface area contributed by atoms with Gasteiger partial charge >= 0.3 is 11.7 Å². The molecule has 5 heteroatoms. The monoisotopic (exact) mass is 183 g/mol. The van der Waals surface area contributed by atoms with Crippen molar-refractivity contribution in [3.05, 3.63) is 10.5 Å². The van der Waals surface area contributed by atoms with Crippen molar-refractivity contribution < 1.29 is 4.74 Å². The summed E-state index contributed by atoms with van der Waals surface area (Å²) in [5, 5.41) is 4.01. The van der Waals surface area contributed by atoms with Crippen molar-refractivity contribution in [3.63, 3.8) is 0 Å². The van der Waals surface area contributed by atoms with Crippen LogP contribution in [0.1, 0.15) is 19.8 Å². The molecule has 0 N–H and O–H groups in total. The van der Waals surface area contributed by atoms with Gasteiger partial charge in [-0.05, 0) is 19.8 Å². The normalized spacial score (nSPS) is 16.2. The largest absolute Gasteiger partial charge is 0.460 e. The lowest BCUT2D eigenvalue weighted by molar-refractivity contribution is 0.262. The summed E-state index contributed by atoms with van der Waals surface area (Å²) >= 11 is 0. The first-order valence-electron chi connectivity index (χ1n) is 4.53. The van der Waals surface area contributed by atoms with Crippen LogP contribution in [0.2, 0.25) is 0 Å². The number of nitrogens with zero attached hydrogens (tertiary/aromatic N) is 3. The van der Waals surface area contributed by atoms with Gasteiger partial charge in [0.25, 0.3) is 0 Å². The van der Waals surface area contributed by atoms with Crippen LogP contribution in [0.4, 0.5) is 0 Å². The highest BCUT2D eigenvalue weighted by Crippen LogP contribution is 2.24. The van der Waals surface area contributed by atoms with Gasteiger partial charge in [0.1, 0.15) is 6.10 Å². The molecule has 0 aliphatic heterocycles. The van der Waals surface area contributed by atoms with Crippen molar-refractivity contribution in [2.75, 3.05) is 0 Å². The summed E-state index contributed by atoms with van der Waals surface area (Å²) in [6, 6.07) is 0.456. The lowest BCUT2D eigenvalue weighted by Crippen LogP contribution is -2.22. The number of rotatable bonds is 3. The molecule has 0 radical (unpaired) electrons. The Hall–Kier alpha value is -1.26. The Morgan fingerprint density at radius 1 is 1.62 bits per heavy atom. The van der Waals surface area contributed by atoms with Gasteiger partial charge in [-0.1, -0.05) is 0 Å². The third kappa shape index (κ3) is 1.46. The molecule has 1 fully saturated rings. The summed E-state index contributed by atoms with van der Waals surface area (Å²) < 4.78 is 8.33. The van der Waals surface area contributed by atoms with Crippen LogP contribution in [-0.4, -0.2) is 20.5 Å². The van der Waals surface area contributed by atoms with Gasteiger partial charge in [0.05, 0.1) is 0 Å². The molecule has 1 saturated carbocycles. The van der Waals surface area contributed by atoms with Crippen LogP contribution in [-0.2, 0) is 13.6 Å². The molecule has 13 heavy (non-hydrogen) atoms. The number of aryl methyl sites for hydroxylation is 1. The lowest BCUT2D eigenvalue weighted by Gasteiger charge is -2.02. The molecular formula is C8H13N3O2. The Morgan fingerprint density at radius 2 is 2.31 bits per heavy atom. The number of hydrogen-bond donors (Lipinski definition) is 0. The summed E-state index contributed by atoms with van der Waals surface area (Å²) in [6.07, 6.45) is 2.44. The van der Waals surface area contributed by atoms with E-state index >= 15 is 0 Å². The topological polar surface area (TPSA) is 49.0 Å². The fourth-order valence-corrected chi connectivity index (χ4v) is 1.17. The second-order valence-electron chi connectivity index (χ2n) is 3.25. The molecule has 0 unspecified atom stereocenters. The molecule has 0 bridgehead atoms. The summed E-state index contributed by atoms with van der Waals surface area (Å²) in [7, 11) is 1.63. The predicted octanol–water partition coefficient (Wildman–Crippen LogP) is 0.143. The lowest BCUT2D eigenvalue weighted by atomic mass is 10.7. The number of hydrogen-bond acceptors (Lipinski definition) is 3. The molecular weight excluding hydrogens is 170 g/mol. The minimum absolute atomic E-state index is 0.113. The first kappa shape index (κ1) is 8.34. The summed E-state index contributed by atoms with van der Waals surface area (Å²) in [4.78, 5) is 11.4. The van der Waals surface area contributed by atoms with Gasteiger partial charge in [-0.15, -0.1) is 5.10 Å². The van der Waals surface area contributed by atoms with E-state index < -0.39 is 0 Å². The van der Waals surface area contributed by atoms with Gasteiger partial charge in [0.15, 0.2) is 0 Å². The minimum atomic E-state index is -0.113. The Balaban J connectivity index is 2.31. The SMILES string of the molecule is CCn1c(OC2CC2)nn(C)c1=O. The van der Waals surface area contributed by atoms with Crippen molar-refractivity contribution >= 4 is 0 Å². The molecule has 5 nitrogen and oxygen atoms in total. The standard InChI is InChI=1S/C8H13N3O2/c1-3-11-7(13-6-4-5-6)9-10(2)8(11)12/h6H,3-5H2,1-2H3. The molecule has 0 amide bonds. The van der Waals surface area contributed by atoms with E-state index in [1.54, 1.807) is 11.6 Å². The van der Waals surface area contributed by atoms with Crippen LogP contribution in [0.3, 0.4) is 0 Å². The maximum Gasteiger partial charge on any atom is 0.348 e. The molecule has 0 saturated heterocycles. The Morgan fingerprint density at radius 3 is 2.85 bits per heavy atom. The van der Waals surface area contributed by atoms with Gasteiger partial charge in [0.2, 0.25) is 0 Å². The van der Waals surface area contributed by atoms with E-state index in [1.807, 2.05) is 6.92 Å². The minimum Gasteiger partial charge on any atom is -0.460 e.